The maximum atomic E-state index is 11.5. The number of aromatic nitrogens is 2. The standard InChI is InChI=1S/C10H10N2O3/c13-9-3-1-2-8-11-6-7(12(8)9)4-5-10(14)15/h1-3,6,11H,4-5H2,(H,14,15). The average molecular weight is 206 g/mol. The van der Waals surface area contributed by atoms with E-state index in [4.69, 9.17) is 5.11 Å². The minimum Gasteiger partial charge on any atom is -0.481 e. The second kappa shape index (κ2) is 3.61. The van der Waals surface area contributed by atoms with Gasteiger partial charge < -0.3 is 10.1 Å². The number of imidazole rings is 1. The summed E-state index contributed by atoms with van der Waals surface area (Å²) in [6.45, 7) is 0. The molecule has 0 spiro atoms. The Balaban J connectivity index is 2.44. The fourth-order valence-corrected chi connectivity index (χ4v) is 1.54. The lowest BCUT2D eigenvalue weighted by Gasteiger charge is -1.97. The van der Waals surface area contributed by atoms with E-state index in [2.05, 4.69) is 4.98 Å². The van der Waals surface area contributed by atoms with Gasteiger partial charge in [-0.25, -0.2) is 0 Å². The fraction of sp³-hybridized carbons (Fsp3) is 0.200. The van der Waals surface area contributed by atoms with Crippen LogP contribution in [0.3, 0.4) is 0 Å². The zero-order valence-electron chi connectivity index (χ0n) is 7.93. The van der Waals surface area contributed by atoms with E-state index in [0.29, 0.717) is 17.8 Å². The van der Waals surface area contributed by atoms with Crippen molar-refractivity contribution in [1.29, 1.82) is 0 Å². The van der Waals surface area contributed by atoms with Crippen LogP contribution in [0.15, 0.2) is 29.2 Å². The number of pyridine rings is 1. The highest BCUT2D eigenvalue weighted by molar-refractivity contribution is 5.67. The molecule has 2 aromatic heterocycles. The lowest BCUT2D eigenvalue weighted by molar-refractivity contribution is -0.136. The van der Waals surface area contributed by atoms with E-state index in [1.54, 1.807) is 18.3 Å². The van der Waals surface area contributed by atoms with E-state index in [1.807, 2.05) is 0 Å². The van der Waals surface area contributed by atoms with Crippen molar-refractivity contribution in [1.82, 2.24) is 9.38 Å². The molecule has 2 rings (SSSR count). The Bertz CT molecular complexity index is 553. The molecule has 5 heteroatoms. The molecule has 0 amide bonds. The van der Waals surface area contributed by atoms with Crippen LogP contribution in [0.4, 0.5) is 0 Å². The topological polar surface area (TPSA) is 74.6 Å². The lowest BCUT2D eigenvalue weighted by Crippen LogP contribution is -2.13. The van der Waals surface area contributed by atoms with Crippen LogP contribution >= 0.6 is 0 Å². The molecule has 2 aromatic rings. The van der Waals surface area contributed by atoms with Gasteiger partial charge in [-0.15, -0.1) is 0 Å². The smallest absolute Gasteiger partial charge is 0.303 e. The first-order chi connectivity index (χ1) is 7.18. The molecule has 0 saturated heterocycles. The van der Waals surface area contributed by atoms with Crippen molar-refractivity contribution in [2.45, 2.75) is 12.8 Å². The highest BCUT2D eigenvalue weighted by atomic mass is 16.4. The van der Waals surface area contributed by atoms with Gasteiger partial charge in [0.2, 0.25) is 0 Å². The summed E-state index contributed by atoms with van der Waals surface area (Å²) in [7, 11) is 0. The van der Waals surface area contributed by atoms with Crippen LogP contribution in [0.25, 0.3) is 5.65 Å². The molecule has 0 saturated carbocycles. The van der Waals surface area contributed by atoms with Gasteiger partial charge in [0.1, 0.15) is 5.65 Å². The molecular formula is C10H10N2O3. The molecular weight excluding hydrogens is 196 g/mol. The Morgan fingerprint density at radius 3 is 3.00 bits per heavy atom. The number of aromatic amines is 1. The second-order valence-corrected chi connectivity index (χ2v) is 3.26. The van der Waals surface area contributed by atoms with E-state index in [9.17, 15) is 9.59 Å². The number of nitrogens with zero attached hydrogens (tertiary/aromatic N) is 1. The minimum absolute atomic E-state index is 0.0221. The maximum Gasteiger partial charge on any atom is 0.303 e. The van der Waals surface area contributed by atoms with Gasteiger partial charge in [0.15, 0.2) is 0 Å². The molecule has 2 N–H and O–H groups in total. The van der Waals surface area contributed by atoms with Crippen molar-refractivity contribution in [3.8, 4) is 0 Å². The Morgan fingerprint density at radius 2 is 2.27 bits per heavy atom. The van der Waals surface area contributed by atoms with Gasteiger partial charge in [-0.2, -0.15) is 0 Å². The number of carboxylic acids is 1. The van der Waals surface area contributed by atoms with Gasteiger partial charge in [0.05, 0.1) is 6.42 Å². The number of fused-ring (bicyclic) bond motifs is 1. The molecule has 0 aliphatic heterocycles. The van der Waals surface area contributed by atoms with Crippen molar-refractivity contribution >= 4 is 11.6 Å². The summed E-state index contributed by atoms with van der Waals surface area (Å²) < 4.78 is 1.49. The summed E-state index contributed by atoms with van der Waals surface area (Å²) in [4.78, 5) is 24.8. The molecule has 0 radical (unpaired) electrons. The zero-order valence-corrected chi connectivity index (χ0v) is 7.93. The SMILES string of the molecule is O=C(O)CCc1c[nH]c2cccc(=O)n12. The number of hydrogen-bond acceptors (Lipinski definition) is 2. The fourth-order valence-electron chi connectivity index (χ4n) is 1.54. The third kappa shape index (κ3) is 1.76. The summed E-state index contributed by atoms with van der Waals surface area (Å²) >= 11 is 0. The summed E-state index contributed by atoms with van der Waals surface area (Å²) in [5, 5.41) is 8.56. The number of H-pyrrole nitrogens is 1. The highest BCUT2D eigenvalue weighted by Gasteiger charge is 2.06. The van der Waals surface area contributed by atoms with Crippen LogP contribution in [0, 0.1) is 0 Å². The molecule has 0 bridgehead atoms. The lowest BCUT2D eigenvalue weighted by atomic mass is 10.2. The van der Waals surface area contributed by atoms with Gasteiger partial charge in [-0.05, 0) is 6.07 Å². The molecule has 0 atom stereocenters. The average Bonchev–Trinajstić information content (AvgIpc) is 2.59. The first kappa shape index (κ1) is 9.51. The van der Waals surface area contributed by atoms with Crippen LogP contribution in [0.2, 0.25) is 0 Å². The van der Waals surface area contributed by atoms with Gasteiger partial charge in [-0.1, -0.05) is 6.07 Å². The number of carbonyl (C=O) groups is 1. The highest BCUT2D eigenvalue weighted by Crippen LogP contribution is 2.05. The third-order valence-electron chi connectivity index (χ3n) is 2.22. The second-order valence-electron chi connectivity index (χ2n) is 3.26. The number of carboxylic acid groups (broad SMARTS) is 1. The van der Waals surface area contributed by atoms with E-state index < -0.39 is 5.97 Å². The Hall–Kier alpha value is -2.04. The molecule has 15 heavy (non-hydrogen) atoms. The number of rotatable bonds is 3. The van der Waals surface area contributed by atoms with Crippen molar-refractivity contribution in [3.63, 3.8) is 0 Å². The monoisotopic (exact) mass is 206 g/mol. The van der Waals surface area contributed by atoms with Gasteiger partial charge >= 0.3 is 5.97 Å². The Kier molecular flexibility index (Phi) is 2.29. The Labute approximate surface area is 85.0 Å². The molecule has 0 aromatic carbocycles. The molecule has 0 unspecified atom stereocenters. The third-order valence-corrected chi connectivity index (χ3v) is 2.22. The van der Waals surface area contributed by atoms with Gasteiger partial charge in [0, 0.05) is 24.4 Å². The van der Waals surface area contributed by atoms with Crippen molar-refractivity contribution in [2.75, 3.05) is 0 Å². The summed E-state index contributed by atoms with van der Waals surface area (Å²) in [5.41, 5.74) is 1.23. The molecule has 0 fully saturated rings. The Morgan fingerprint density at radius 1 is 1.47 bits per heavy atom. The van der Waals surface area contributed by atoms with Crippen LogP contribution in [0.1, 0.15) is 12.1 Å². The van der Waals surface area contributed by atoms with Crippen molar-refractivity contribution in [3.05, 3.63) is 40.4 Å². The van der Waals surface area contributed by atoms with E-state index in [1.165, 1.54) is 10.5 Å². The van der Waals surface area contributed by atoms with Crippen LogP contribution in [-0.4, -0.2) is 20.5 Å². The van der Waals surface area contributed by atoms with Crippen LogP contribution < -0.4 is 5.56 Å². The summed E-state index contributed by atoms with van der Waals surface area (Å²) in [6.07, 6.45) is 2.03. The number of aryl methyl sites for hydroxylation is 1. The van der Waals surface area contributed by atoms with E-state index in [-0.39, 0.29) is 12.0 Å². The largest absolute Gasteiger partial charge is 0.481 e. The van der Waals surface area contributed by atoms with Crippen molar-refractivity contribution in [2.24, 2.45) is 0 Å². The number of hydrogen-bond donors (Lipinski definition) is 2. The van der Waals surface area contributed by atoms with Crippen LogP contribution in [0.5, 0.6) is 0 Å². The van der Waals surface area contributed by atoms with Crippen LogP contribution in [-0.2, 0) is 11.2 Å². The van der Waals surface area contributed by atoms with Gasteiger partial charge in [0.25, 0.3) is 5.56 Å². The van der Waals surface area contributed by atoms with Crippen molar-refractivity contribution < 1.29 is 9.90 Å². The maximum absolute atomic E-state index is 11.5. The van der Waals surface area contributed by atoms with E-state index in [0.717, 1.165) is 0 Å². The number of aliphatic carboxylic acids is 1. The summed E-state index contributed by atoms with van der Waals surface area (Å²) in [6, 6.07) is 4.88. The normalized spacial score (nSPS) is 10.7. The predicted octanol–water partition coefficient (Wildman–Crippen LogP) is 0.645. The minimum atomic E-state index is -0.867. The van der Waals surface area contributed by atoms with Gasteiger partial charge in [-0.3, -0.25) is 14.0 Å². The first-order valence-electron chi connectivity index (χ1n) is 4.58. The van der Waals surface area contributed by atoms with E-state index >= 15 is 0 Å². The molecule has 5 nitrogen and oxygen atoms in total. The summed E-state index contributed by atoms with van der Waals surface area (Å²) in [5.74, 6) is -0.867. The number of nitrogens with one attached hydrogen (secondary N) is 1. The molecule has 0 aliphatic carbocycles. The molecule has 78 valence electrons. The first-order valence-corrected chi connectivity index (χ1v) is 4.58. The predicted molar refractivity (Wildman–Crippen MR) is 54.0 cm³/mol. The zero-order chi connectivity index (χ0) is 10.8. The quantitative estimate of drug-likeness (QED) is 0.774. The molecule has 0 aliphatic rings. The molecule has 2 heterocycles.